The van der Waals surface area contributed by atoms with Gasteiger partial charge in [0.2, 0.25) is 6.79 Å². The van der Waals surface area contributed by atoms with E-state index in [4.69, 9.17) is 14.5 Å². The topological polar surface area (TPSA) is 93.6 Å². The van der Waals surface area contributed by atoms with Gasteiger partial charge in [-0.25, -0.2) is 9.97 Å². The zero-order chi connectivity index (χ0) is 23.1. The molecule has 9 heteroatoms. The van der Waals surface area contributed by atoms with Crippen LogP contribution in [-0.4, -0.2) is 47.6 Å². The number of aryl methyl sites for hydroxylation is 1. The fraction of sp³-hybridized carbons (Fsp3) is 0.167. The van der Waals surface area contributed by atoms with E-state index in [2.05, 4.69) is 10.3 Å². The van der Waals surface area contributed by atoms with Crippen LogP contribution in [0.25, 0.3) is 22.2 Å². The van der Waals surface area contributed by atoms with Gasteiger partial charge in [-0.3, -0.25) is 14.9 Å². The molecule has 33 heavy (non-hydrogen) atoms. The van der Waals surface area contributed by atoms with Crippen LogP contribution in [0.15, 0.2) is 48.5 Å². The third-order valence-electron chi connectivity index (χ3n) is 5.25. The highest BCUT2D eigenvalue weighted by Gasteiger charge is 2.21. The van der Waals surface area contributed by atoms with Gasteiger partial charge in [-0.15, -0.1) is 0 Å². The number of thiazole rings is 1. The number of fused-ring (bicyclic) bond motifs is 2. The van der Waals surface area contributed by atoms with Crippen LogP contribution in [-0.2, 0) is 0 Å². The van der Waals surface area contributed by atoms with Gasteiger partial charge >= 0.3 is 0 Å². The van der Waals surface area contributed by atoms with Crippen molar-refractivity contribution in [3.63, 3.8) is 0 Å². The van der Waals surface area contributed by atoms with Crippen molar-refractivity contribution in [1.82, 2.24) is 14.9 Å². The average Bonchev–Trinajstić information content (AvgIpc) is 3.43. The van der Waals surface area contributed by atoms with Crippen molar-refractivity contribution in [3.05, 3.63) is 64.7 Å². The van der Waals surface area contributed by atoms with Crippen LogP contribution >= 0.6 is 11.3 Å². The molecule has 0 spiro atoms. The highest BCUT2D eigenvalue weighted by Crippen LogP contribution is 2.36. The smallest absolute Gasteiger partial charge is 0.265 e. The molecule has 0 atom stereocenters. The second-order valence-electron chi connectivity index (χ2n) is 7.73. The molecule has 3 heterocycles. The Morgan fingerprint density at radius 2 is 1.82 bits per heavy atom. The van der Waals surface area contributed by atoms with Crippen molar-refractivity contribution >= 4 is 39.2 Å². The summed E-state index contributed by atoms with van der Waals surface area (Å²) in [4.78, 5) is 36.8. The number of anilines is 1. The first-order valence-electron chi connectivity index (χ1n) is 10.2. The molecule has 0 aliphatic carbocycles. The number of benzene rings is 2. The molecule has 2 aromatic carbocycles. The summed E-state index contributed by atoms with van der Waals surface area (Å²) in [7, 11) is 3.36. The van der Waals surface area contributed by atoms with Gasteiger partial charge in [-0.2, -0.15) is 0 Å². The number of rotatable bonds is 4. The van der Waals surface area contributed by atoms with E-state index in [0.717, 1.165) is 22.3 Å². The first-order chi connectivity index (χ1) is 15.9. The fourth-order valence-corrected chi connectivity index (χ4v) is 4.57. The molecule has 8 nitrogen and oxygen atoms in total. The van der Waals surface area contributed by atoms with Crippen LogP contribution in [0, 0.1) is 6.92 Å². The van der Waals surface area contributed by atoms with E-state index in [1.807, 2.05) is 42.5 Å². The monoisotopic (exact) mass is 460 g/mol. The lowest BCUT2D eigenvalue weighted by molar-refractivity contribution is 0.0831. The maximum atomic E-state index is 13.3. The van der Waals surface area contributed by atoms with E-state index >= 15 is 0 Å². The Hall–Kier alpha value is -3.98. The molecule has 2 aromatic heterocycles. The van der Waals surface area contributed by atoms with E-state index in [1.54, 1.807) is 27.1 Å². The molecule has 1 aliphatic heterocycles. The van der Waals surface area contributed by atoms with Crippen molar-refractivity contribution in [3.8, 4) is 22.8 Å². The number of para-hydroxylation sites is 1. The molecule has 0 bridgehead atoms. The minimum Gasteiger partial charge on any atom is -0.454 e. The molecule has 4 aromatic rings. The molecule has 166 valence electrons. The number of nitrogens with zero attached hydrogens (tertiary/aromatic N) is 3. The fourth-order valence-electron chi connectivity index (χ4n) is 3.58. The molecule has 0 saturated carbocycles. The number of aromatic nitrogens is 2. The number of nitrogens with one attached hydrogen (secondary N) is 1. The molecule has 1 aliphatic rings. The number of ether oxygens (including phenoxy) is 2. The Bertz CT molecular complexity index is 1410. The number of pyridine rings is 1. The Balaban J connectivity index is 1.53. The lowest BCUT2D eigenvalue weighted by Crippen LogP contribution is -2.21. The van der Waals surface area contributed by atoms with E-state index in [-0.39, 0.29) is 18.6 Å². The first kappa shape index (κ1) is 20.9. The van der Waals surface area contributed by atoms with Crippen molar-refractivity contribution < 1.29 is 19.1 Å². The molecule has 0 radical (unpaired) electrons. The normalized spacial score (nSPS) is 12.1. The zero-order valence-electron chi connectivity index (χ0n) is 18.2. The van der Waals surface area contributed by atoms with Crippen LogP contribution in [0.4, 0.5) is 5.13 Å². The van der Waals surface area contributed by atoms with E-state index in [0.29, 0.717) is 44.0 Å². The van der Waals surface area contributed by atoms with Crippen molar-refractivity contribution in [1.29, 1.82) is 0 Å². The minimum atomic E-state index is -0.326. The molecule has 0 fully saturated rings. The minimum absolute atomic E-state index is 0.148. The third kappa shape index (κ3) is 3.87. The largest absolute Gasteiger partial charge is 0.454 e. The summed E-state index contributed by atoms with van der Waals surface area (Å²) in [6, 6.07) is 14.8. The van der Waals surface area contributed by atoms with Gasteiger partial charge in [0.25, 0.3) is 11.8 Å². The second-order valence-corrected chi connectivity index (χ2v) is 8.73. The first-order valence-corrected chi connectivity index (χ1v) is 11.0. The van der Waals surface area contributed by atoms with Crippen LogP contribution in [0.1, 0.15) is 25.7 Å². The number of carbonyl (C=O) groups is 2. The molecule has 2 amide bonds. The van der Waals surface area contributed by atoms with E-state index < -0.39 is 0 Å². The van der Waals surface area contributed by atoms with Crippen molar-refractivity contribution in [2.75, 3.05) is 26.2 Å². The summed E-state index contributed by atoms with van der Waals surface area (Å²) in [5.74, 6) is 0.850. The van der Waals surface area contributed by atoms with Crippen LogP contribution < -0.4 is 14.8 Å². The summed E-state index contributed by atoms with van der Waals surface area (Å²) in [5.41, 5.74) is 3.17. The van der Waals surface area contributed by atoms with Gasteiger partial charge in [0.05, 0.1) is 22.5 Å². The Morgan fingerprint density at radius 1 is 1.03 bits per heavy atom. The highest BCUT2D eigenvalue weighted by molar-refractivity contribution is 7.17. The molecule has 0 unspecified atom stereocenters. The maximum Gasteiger partial charge on any atom is 0.265 e. The Morgan fingerprint density at radius 3 is 2.64 bits per heavy atom. The lowest BCUT2D eigenvalue weighted by Gasteiger charge is -2.10. The van der Waals surface area contributed by atoms with Gasteiger partial charge in [0, 0.05) is 25.0 Å². The van der Waals surface area contributed by atoms with Gasteiger partial charge in [-0.1, -0.05) is 29.5 Å². The Labute approximate surface area is 193 Å². The second kappa shape index (κ2) is 8.18. The molecule has 0 saturated heterocycles. The Kier molecular flexibility index (Phi) is 5.18. The van der Waals surface area contributed by atoms with Gasteiger partial charge < -0.3 is 14.4 Å². The standard InChI is InChI=1S/C24H20N4O4S/c1-13-21(23(30)28(2)3)33-24(25-13)27-22(29)16-11-18(26-17-7-5-4-6-15(16)17)14-8-9-19-20(10-14)32-12-31-19/h4-11H,12H2,1-3H3,(H,25,27,29). The van der Waals surface area contributed by atoms with Gasteiger partial charge in [0.15, 0.2) is 16.6 Å². The average molecular weight is 461 g/mol. The summed E-state index contributed by atoms with van der Waals surface area (Å²) in [6.07, 6.45) is 0. The molecular formula is C24H20N4O4S. The van der Waals surface area contributed by atoms with Crippen LogP contribution in [0.2, 0.25) is 0 Å². The highest BCUT2D eigenvalue weighted by atomic mass is 32.1. The molecule has 5 rings (SSSR count). The van der Waals surface area contributed by atoms with E-state index in [1.165, 1.54) is 4.90 Å². The SMILES string of the molecule is Cc1nc(NC(=O)c2cc(-c3ccc4c(c3)OCO4)nc3ccccc23)sc1C(=O)N(C)C. The number of hydrogen-bond acceptors (Lipinski definition) is 7. The number of hydrogen-bond donors (Lipinski definition) is 1. The predicted molar refractivity (Wildman–Crippen MR) is 126 cm³/mol. The summed E-state index contributed by atoms with van der Waals surface area (Å²) < 4.78 is 10.9. The molecular weight excluding hydrogens is 440 g/mol. The molecule has 1 N–H and O–H groups in total. The number of amides is 2. The maximum absolute atomic E-state index is 13.3. The zero-order valence-corrected chi connectivity index (χ0v) is 19.0. The van der Waals surface area contributed by atoms with Crippen molar-refractivity contribution in [2.24, 2.45) is 0 Å². The van der Waals surface area contributed by atoms with Crippen molar-refractivity contribution in [2.45, 2.75) is 6.92 Å². The lowest BCUT2D eigenvalue weighted by atomic mass is 10.0. The van der Waals surface area contributed by atoms with Gasteiger partial charge in [-0.05, 0) is 37.3 Å². The van der Waals surface area contributed by atoms with Crippen LogP contribution in [0.5, 0.6) is 11.5 Å². The number of carbonyl (C=O) groups excluding carboxylic acids is 2. The van der Waals surface area contributed by atoms with E-state index in [9.17, 15) is 9.59 Å². The predicted octanol–water partition coefficient (Wildman–Crippen LogP) is 4.35. The van der Waals surface area contributed by atoms with Gasteiger partial charge in [0.1, 0.15) is 4.88 Å². The summed E-state index contributed by atoms with van der Waals surface area (Å²) >= 11 is 1.16. The quantitative estimate of drug-likeness (QED) is 0.487. The summed E-state index contributed by atoms with van der Waals surface area (Å²) in [6.45, 7) is 1.94. The summed E-state index contributed by atoms with van der Waals surface area (Å²) in [5, 5.41) is 3.94. The van der Waals surface area contributed by atoms with Crippen LogP contribution in [0.3, 0.4) is 0 Å². The third-order valence-corrected chi connectivity index (χ3v) is 6.31.